The van der Waals surface area contributed by atoms with Crippen molar-refractivity contribution in [3.05, 3.63) is 30.1 Å². The van der Waals surface area contributed by atoms with Crippen LogP contribution >= 0.6 is 0 Å². The van der Waals surface area contributed by atoms with E-state index in [0.717, 1.165) is 49.8 Å². The molecule has 0 spiro atoms. The molecule has 0 atom stereocenters. The lowest BCUT2D eigenvalue weighted by atomic mass is 10.0. The lowest BCUT2D eigenvalue weighted by Crippen LogP contribution is -2.05. The van der Waals surface area contributed by atoms with Crippen molar-refractivity contribution < 1.29 is 14.7 Å². The van der Waals surface area contributed by atoms with E-state index in [1.165, 1.54) is 51.4 Å². The van der Waals surface area contributed by atoms with Gasteiger partial charge in [-0.3, -0.25) is 9.78 Å². The number of rotatable bonds is 18. The average molecular weight is 405 g/mol. The Kier molecular flexibility index (Phi) is 15.7. The van der Waals surface area contributed by atoms with E-state index >= 15 is 0 Å². The molecule has 0 aromatic carbocycles. The van der Waals surface area contributed by atoms with Gasteiger partial charge in [0, 0.05) is 24.4 Å². The largest absolute Gasteiger partial charge is 0.461 e. The molecule has 0 unspecified atom stereocenters. The van der Waals surface area contributed by atoms with Gasteiger partial charge in [0.2, 0.25) is 0 Å². The molecule has 1 rings (SSSR count). The number of carbonyl (C=O) groups excluding carboxylic acids is 1. The molecule has 0 saturated heterocycles. The van der Waals surface area contributed by atoms with Crippen molar-refractivity contribution in [3.8, 4) is 0 Å². The molecule has 0 radical (unpaired) electrons. The van der Waals surface area contributed by atoms with Crippen molar-refractivity contribution in [2.75, 3.05) is 0 Å². The first-order chi connectivity index (χ1) is 14.3. The molecule has 5 nitrogen and oxygen atoms in total. The number of nitrogens with zero attached hydrogens (tertiary/aromatic N) is 2. The summed E-state index contributed by atoms with van der Waals surface area (Å²) in [5, 5.41) is 12.7. The van der Waals surface area contributed by atoms with Crippen molar-refractivity contribution in [1.82, 2.24) is 4.98 Å². The van der Waals surface area contributed by atoms with Crippen LogP contribution in [0.3, 0.4) is 0 Å². The highest BCUT2D eigenvalue weighted by Crippen LogP contribution is 2.13. The van der Waals surface area contributed by atoms with Crippen molar-refractivity contribution >= 4 is 11.7 Å². The first kappa shape index (κ1) is 25.1. The second-order valence-corrected chi connectivity index (χ2v) is 7.83. The van der Waals surface area contributed by atoms with Gasteiger partial charge < -0.3 is 9.94 Å². The second kappa shape index (κ2) is 18.1. The predicted molar refractivity (Wildman–Crippen MR) is 118 cm³/mol. The maximum Gasteiger partial charge on any atom is 0.306 e. The van der Waals surface area contributed by atoms with E-state index in [1.54, 1.807) is 12.4 Å². The second-order valence-electron chi connectivity index (χ2n) is 7.83. The highest BCUT2D eigenvalue weighted by atomic mass is 16.5. The van der Waals surface area contributed by atoms with E-state index in [2.05, 4.69) is 17.1 Å². The molecule has 1 N–H and O–H groups in total. The van der Waals surface area contributed by atoms with Crippen LogP contribution in [0.2, 0.25) is 0 Å². The van der Waals surface area contributed by atoms with E-state index < -0.39 is 0 Å². The molecule has 1 aromatic rings. The van der Waals surface area contributed by atoms with Gasteiger partial charge in [-0.2, -0.15) is 0 Å². The molecular weight excluding hydrogens is 364 g/mol. The van der Waals surface area contributed by atoms with Crippen molar-refractivity contribution in [1.29, 1.82) is 0 Å². The highest BCUT2D eigenvalue weighted by Gasteiger charge is 2.05. The molecule has 0 saturated carbocycles. The van der Waals surface area contributed by atoms with Gasteiger partial charge in [0.25, 0.3) is 0 Å². The van der Waals surface area contributed by atoms with Gasteiger partial charge in [-0.05, 0) is 38.2 Å². The quantitative estimate of drug-likeness (QED) is 0.0957. The number of pyridine rings is 1. The Hall–Kier alpha value is -1.91. The zero-order chi connectivity index (χ0) is 21.0. The van der Waals surface area contributed by atoms with Crippen molar-refractivity contribution in [3.63, 3.8) is 0 Å². The van der Waals surface area contributed by atoms with E-state index in [1.807, 2.05) is 12.1 Å². The van der Waals surface area contributed by atoms with Gasteiger partial charge in [0.05, 0.1) is 5.71 Å². The molecule has 0 fully saturated rings. The SMILES string of the molecule is CCCCCCCCCCCC(CCCCCC(=O)OCc1cccnc1)=NO. The minimum atomic E-state index is -0.167. The lowest BCUT2D eigenvalue weighted by Gasteiger charge is -2.06. The number of hydrogen-bond donors (Lipinski definition) is 1. The fourth-order valence-electron chi connectivity index (χ4n) is 3.36. The van der Waals surface area contributed by atoms with Gasteiger partial charge in [-0.1, -0.05) is 75.9 Å². The van der Waals surface area contributed by atoms with Gasteiger partial charge in [-0.25, -0.2) is 0 Å². The summed E-state index contributed by atoms with van der Waals surface area (Å²) in [6.07, 6.45) is 19.9. The van der Waals surface area contributed by atoms with Crippen molar-refractivity contribution in [2.45, 2.75) is 110 Å². The molecule has 0 amide bonds. The van der Waals surface area contributed by atoms with Gasteiger partial charge in [0.15, 0.2) is 0 Å². The Balaban J connectivity index is 1.94. The number of oxime groups is 1. The van der Waals surface area contributed by atoms with Crippen LogP contribution in [0.15, 0.2) is 29.7 Å². The number of hydrogen-bond acceptors (Lipinski definition) is 5. The molecule has 29 heavy (non-hydrogen) atoms. The minimum absolute atomic E-state index is 0.167. The van der Waals surface area contributed by atoms with Crippen LogP contribution in [-0.4, -0.2) is 21.9 Å². The van der Waals surface area contributed by atoms with Crippen LogP contribution in [0.5, 0.6) is 0 Å². The van der Waals surface area contributed by atoms with Crippen LogP contribution in [-0.2, 0) is 16.1 Å². The third kappa shape index (κ3) is 14.7. The summed E-state index contributed by atoms with van der Waals surface area (Å²) in [6.45, 7) is 2.53. The van der Waals surface area contributed by atoms with Gasteiger partial charge in [-0.15, -0.1) is 0 Å². The summed E-state index contributed by atoms with van der Waals surface area (Å²) < 4.78 is 5.25. The Labute approximate surface area is 177 Å². The van der Waals surface area contributed by atoms with Crippen LogP contribution in [0.4, 0.5) is 0 Å². The standard InChI is InChI=1S/C24H40N2O3/c1-2-3-4-5-6-7-8-9-11-16-23(26-28)17-12-10-13-18-24(27)29-21-22-15-14-19-25-20-22/h14-15,19-20,28H,2-13,16-18,21H2,1H3. The summed E-state index contributed by atoms with van der Waals surface area (Å²) >= 11 is 0. The summed E-state index contributed by atoms with van der Waals surface area (Å²) in [5.74, 6) is -0.167. The zero-order valence-corrected chi connectivity index (χ0v) is 18.3. The molecule has 0 aliphatic heterocycles. The minimum Gasteiger partial charge on any atom is -0.461 e. The van der Waals surface area contributed by atoms with Gasteiger partial charge >= 0.3 is 5.97 Å². The number of unbranched alkanes of at least 4 members (excludes halogenated alkanes) is 10. The Morgan fingerprint density at radius 2 is 1.52 bits per heavy atom. The lowest BCUT2D eigenvalue weighted by molar-refractivity contribution is -0.145. The smallest absolute Gasteiger partial charge is 0.306 e. The van der Waals surface area contributed by atoms with Crippen LogP contribution in [0.1, 0.15) is 109 Å². The van der Waals surface area contributed by atoms with Crippen LogP contribution < -0.4 is 0 Å². The fourth-order valence-corrected chi connectivity index (χ4v) is 3.36. The topological polar surface area (TPSA) is 71.8 Å². The maximum absolute atomic E-state index is 11.8. The molecule has 0 aliphatic rings. The maximum atomic E-state index is 11.8. The molecule has 1 aromatic heterocycles. The van der Waals surface area contributed by atoms with Gasteiger partial charge in [0.1, 0.15) is 6.61 Å². The molecule has 1 heterocycles. The first-order valence-electron chi connectivity index (χ1n) is 11.5. The Morgan fingerprint density at radius 3 is 2.10 bits per heavy atom. The number of esters is 1. The molecule has 5 heteroatoms. The third-order valence-electron chi connectivity index (χ3n) is 5.18. The summed E-state index contributed by atoms with van der Waals surface area (Å²) in [5.41, 5.74) is 1.80. The molecule has 0 aliphatic carbocycles. The fraction of sp³-hybridized carbons (Fsp3) is 0.708. The van der Waals surface area contributed by atoms with E-state index in [4.69, 9.17) is 4.74 Å². The van der Waals surface area contributed by atoms with E-state index in [0.29, 0.717) is 6.42 Å². The normalized spacial score (nSPS) is 11.6. The Morgan fingerprint density at radius 1 is 0.931 bits per heavy atom. The number of carbonyl (C=O) groups is 1. The van der Waals surface area contributed by atoms with Crippen LogP contribution in [0, 0.1) is 0 Å². The monoisotopic (exact) mass is 404 g/mol. The molecule has 164 valence electrons. The summed E-state index contributed by atoms with van der Waals surface area (Å²) in [6, 6.07) is 3.72. The first-order valence-corrected chi connectivity index (χ1v) is 11.5. The van der Waals surface area contributed by atoms with E-state index in [9.17, 15) is 10.0 Å². The zero-order valence-electron chi connectivity index (χ0n) is 18.3. The summed E-state index contributed by atoms with van der Waals surface area (Å²) in [7, 11) is 0. The number of aromatic nitrogens is 1. The van der Waals surface area contributed by atoms with E-state index in [-0.39, 0.29) is 12.6 Å². The van der Waals surface area contributed by atoms with Crippen molar-refractivity contribution in [2.24, 2.45) is 5.16 Å². The number of ether oxygens (including phenoxy) is 1. The summed E-state index contributed by atoms with van der Waals surface area (Å²) in [4.78, 5) is 15.8. The Bertz CT molecular complexity index is 546. The van der Waals surface area contributed by atoms with Crippen LogP contribution in [0.25, 0.3) is 0 Å². The third-order valence-corrected chi connectivity index (χ3v) is 5.18. The molecular formula is C24H40N2O3. The molecule has 0 bridgehead atoms. The predicted octanol–water partition coefficient (Wildman–Crippen LogP) is 6.83. The average Bonchev–Trinajstić information content (AvgIpc) is 2.75. The highest BCUT2D eigenvalue weighted by molar-refractivity contribution is 5.83.